The third kappa shape index (κ3) is 7.70. The predicted octanol–water partition coefficient (Wildman–Crippen LogP) is 1.31. The van der Waals surface area contributed by atoms with Gasteiger partial charge >= 0.3 is 0 Å². The standard InChI is InChI=1S/C15H32N4O/c1-4-16-15(17-8-11-20-5-2)18-12-14(3)13-19-9-6-7-10-19/h14H,4-13H2,1-3H3,(H2,16,17,18). The van der Waals surface area contributed by atoms with Crippen molar-refractivity contribution in [2.24, 2.45) is 10.9 Å². The van der Waals surface area contributed by atoms with Crippen molar-refractivity contribution in [3.05, 3.63) is 0 Å². The molecule has 0 bridgehead atoms. The Labute approximate surface area is 124 Å². The van der Waals surface area contributed by atoms with E-state index in [1.165, 1.54) is 32.5 Å². The lowest BCUT2D eigenvalue weighted by Crippen LogP contribution is -2.39. The number of nitrogens with zero attached hydrogens (tertiary/aromatic N) is 2. The Balaban J connectivity index is 2.24. The van der Waals surface area contributed by atoms with Gasteiger partial charge in [0.25, 0.3) is 0 Å². The van der Waals surface area contributed by atoms with Crippen molar-refractivity contribution < 1.29 is 4.74 Å². The second kappa shape index (κ2) is 10.9. The minimum absolute atomic E-state index is 0.607. The summed E-state index contributed by atoms with van der Waals surface area (Å²) in [7, 11) is 0. The lowest BCUT2D eigenvalue weighted by Gasteiger charge is -2.19. The molecule has 1 unspecified atom stereocenters. The van der Waals surface area contributed by atoms with E-state index < -0.39 is 0 Å². The van der Waals surface area contributed by atoms with E-state index in [0.717, 1.165) is 38.8 Å². The monoisotopic (exact) mass is 284 g/mol. The van der Waals surface area contributed by atoms with Crippen LogP contribution in [0.4, 0.5) is 0 Å². The van der Waals surface area contributed by atoms with Crippen LogP contribution >= 0.6 is 0 Å². The summed E-state index contributed by atoms with van der Waals surface area (Å²) in [5, 5.41) is 6.58. The molecule has 20 heavy (non-hydrogen) atoms. The van der Waals surface area contributed by atoms with Crippen LogP contribution in [0, 0.1) is 5.92 Å². The van der Waals surface area contributed by atoms with E-state index in [1.54, 1.807) is 0 Å². The molecule has 5 heteroatoms. The minimum atomic E-state index is 0.607. The van der Waals surface area contributed by atoms with E-state index in [-0.39, 0.29) is 0 Å². The molecule has 0 aromatic rings. The van der Waals surface area contributed by atoms with Crippen LogP contribution in [0.3, 0.4) is 0 Å². The van der Waals surface area contributed by atoms with Gasteiger partial charge in [0.05, 0.1) is 6.61 Å². The zero-order valence-corrected chi connectivity index (χ0v) is 13.5. The molecule has 1 aliphatic heterocycles. The smallest absolute Gasteiger partial charge is 0.191 e. The highest BCUT2D eigenvalue weighted by molar-refractivity contribution is 5.79. The molecule has 0 aliphatic carbocycles. The molecule has 1 fully saturated rings. The number of nitrogens with one attached hydrogen (secondary N) is 2. The van der Waals surface area contributed by atoms with Crippen LogP contribution in [0.1, 0.15) is 33.6 Å². The first kappa shape index (κ1) is 17.2. The zero-order chi connectivity index (χ0) is 14.6. The van der Waals surface area contributed by atoms with Crippen molar-refractivity contribution in [3.8, 4) is 0 Å². The second-order valence-electron chi connectivity index (χ2n) is 5.46. The van der Waals surface area contributed by atoms with Crippen LogP contribution in [0.15, 0.2) is 4.99 Å². The van der Waals surface area contributed by atoms with Gasteiger partial charge in [0.15, 0.2) is 5.96 Å². The van der Waals surface area contributed by atoms with Crippen molar-refractivity contribution in [2.75, 3.05) is 52.5 Å². The molecular weight excluding hydrogens is 252 g/mol. The third-order valence-electron chi connectivity index (χ3n) is 3.42. The molecule has 2 N–H and O–H groups in total. The maximum absolute atomic E-state index is 5.32. The topological polar surface area (TPSA) is 48.9 Å². The summed E-state index contributed by atoms with van der Waals surface area (Å²) in [6, 6.07) is 0. The first-order valence-electron chi connectivity index (χ1n) is 8.08. The van der Waals surface area contributed by atoms with Crippen LogP contribution < -0.4 is 10.6 Å². The molecule has 0 spiro atoms. The number of rotatable bonds is 9. The highest BCUT2D eigenvalue weighted by Gasteiger charge is 2.14. The molecule has 1 aliphatic rings. The van der Waals surface area contributed by atoms with Crippen LogP contribution in [0.5, 0.6) is 0 Å². The van der Waals surface area contributed by atoms with E-state index in [2.05, 4.69) is 34.4 Å². The van der Waals surface area contributed by atoms with Crippen molar-refractivity contribution >= 4 is 5.96 Å². The fourth-order valence-electron chi connectivity index (χ4n) is 2.44. The summed E-state index contributed by atoms with van der Waals surface area (Å²) < 4.78 is 5.32. The van der Waals surface area contributed by atoms with Gasteiger partial charge in [-0.05, 0) is 45.7 Å². The molecule has 0 amide bonds. The molecular formula is C15H32N4O. The quantitative estimate of drug-likeness (QED) is 0.381. The number of likely N-dealkylation sites (tertiary alicyclic amines) is 1. The highest BCUT2D eigenvalue weighted by atomic mass is 16.5. The summed E-state index contributed by atoms with van der Waals surface area (Å²) in [5.74, 6) is 1.51. The lowest BCUT2D eigenvalue weighted by molar-refractivity contribution is 0.152. The van der Waals surface area contributed by atoms with Crippen molar-refractivity contribution in [1.29, 1.82) is 0 Å². The maximum Gasteiger partial charge on any atom is 0.191 e. The number of hydrogen-bond acceptors (Lipinski definition) is 3. The molecule has 0 aromatic heterocycles. The molecule has 1 heterocycles. The van der Waals surface area contributed by atoms with Gasteiger partial charge in [-0.1, -0.05) is 6.92 Å². The van der Waals surface area contributed by atoms with Gasteiger partial charge in [-0.15, -0.1) is 0 Å². The average molecular weight is 284 g/mol. The van der Waals surface area contributed by atoms with E-state index in [0.29, 0.717) is 5.92 Å². The Hall–Kier alpha value is -0.810. The first-order chi connectivity index (χ1) is 9.76. The Kier molecular flexibility index (Phi) is 9.41. The molecule has 1 saturated heterocycles. The van der Waals surface area contributed by atoms with Crippen molar-refractivity contribution in [1.82, 2.24) is 15.5 Å². The number of ether oxygens (including phenoxy) is 1. The largest absolute Gasteiger partial charge is 0.380 e. The van der Waals surface area contributed by atoms with Crippen molar-refractivity contribution in [2.45, 2.75) is 33.6 Å². The molecule has 5 nitrogen and oxygen atoms in total. The highest BCUT2D eigenvalue weighted by Crippen LogP contribution is 2.10. The lowest BCUT2D eigenvalue weighted by atomic mass is 10.2. The Morgan fingerprint density at radius 3 is 2.65 bits per heavy atom. The Morgan fingerprint density at radius 2 is 2.00 bits per heavy atom. The second-order valence-corrected chi connectivity index (χ2v) is 5.46. The van der Waals surface area contributed by atoms with Gasteiger partial charge in [-0.25, -0.2) is 0 Å². The molecule has 1 atom stereocenters. The molecule has 1 rings (SSSR count). The van der Waals surface area contributed by atoms with Gasteiger partial charge in [0.1, 0.15) is 0 Å². The summed E-state index contributed by atoms with van der Waals surface area (Å²) in [4.78, 5) is 7.22. The average Bonchev–Trinajstić information content (AvgIpc) is 2.93. The van der Waals surface area contributed by atoms with Gasteiger partial charge in [0.2, 0.25) is 0 Å². The summed E-state index contributed by atoms with van der Waals surface area (Å²) in [6.45, 7) is 14.1. The normalized spacial score (nSPS) is 18.2. The number of aliphatic imine (C=N–C) groups is 1. The fraction of sp³-hybridized carbons (Fsp3) is 0.933. The van der Waals surface area contributed by atoms with Crippen LogP contribution in [0.2, 0.25) is 0 Å². The van der Waals surface area contributed by atoms with Crippen LogP contribution in [-0.2, 0) is 4.74 Å². The molecule has 0 saturated carbocycles. The number of hydrogen-bond donors (Lipinski definition) is 2. The van der Waals surface area contributed by atoms with Gasteiger partial charge in [-0.2, -0.15) is 0 Å². The van der Waals surface area contributed by atoms with Gasteiger partial charge in [0, 0.05) is 32.8 Å². The first-order valence-corrected chi connectivity index (χ1v) is 8.08. The van der Waals surface area contributed by atoms with Crippen LogP contribution in [-0.4, -0.2) is 63.3 Å². The van der Waals surface area contributed by atoms with Gasteiger partial charge in [-0.3, -0.25) is 4.99 Å². The molecule has 118 valence electrons. The third-order valence-corrected chi connectivity index (χ3v) is 3.42. The summed E-state index contributed by atoms with van der Waals surface area (Å²) >= 11 is 0. The molecule has 0 radical (unpaired) electrons. The Bertz CT molecular complexity index is 265. The summed E-state index contributed by atoms with van der Waals surface area (Å²) in [5.41, 5.74) is 0. The Morgan fingerprint density at radius 1 is 1.25 bits per heavy atom. The van der Waals surface area contributed by atoms with E-state index >= 15 is 0 Å². The SMILES string of the molecule is CCNC(=NCC(C)CN1CCCC1)NCCOCC. The molecule has 0 aromatic carbocycles. The fourth-order valence-corrected chi connectivity index (χ4v) is 2.44. The summed E-state index contributed by atoms with van der Waals surface area (Å²) in [6.07, 6.45) is 2.72. The predicted molar refractivity (Wildman–Crippen MR) is 85.3 cm³/mol. The van der Waals surface area contributed by atoms with Crippen LogP contribution in [0.25, 0.3) is 0 Å². The van der Waals surface area contributed by atoms with E-state index in [4.69, 9.17) is 4.74 Å². The maximum atomic E-state index is 5.32. The van der Waals surface area contributed by atoms with Crippen molar-refractivity contribution in [3.63, 3.8) is 0 Å². The minimum Gasteiger partial charge on any atom is -0.380 e. The van der Waals surface area contributed by atoms with Gasteiger partial charge < -0.3 is 20.3 Å². The van der Waals surface area contributed by atoms with E-state index in [1.807, 2.05) is 6.92 Å². The van der Waals surface area contributed by atoms with E-state index in [9.17, 15) is 0 Å². The zero-order valence-electron chi connectivity index (χ0n) is 13.5. The number of guanidine groups is 1.